The van der Waals surface area contributed by atoms with Crippen molar-refractivity contribution in [2.75, 3.05) is 17.6 Å². The first-order chi connectivity index (χ1) is 8.83. The minimum absolute atomic E-state index is 0.00969. The predicted octanol–water partition coefficient (Wildman–Crippen LogP) is 3.70. The van der Waals surface area contributed by atoms with Crippen molar-refractivity contribution in [2.45, 2.75) is 32.4 Å². The maximum absolute atomic E-state index is 11.5. The molecule has 3 nitrogen and oxygen atoms in total. The van der Waals surface area contributed by atoms with Gasteiger partial charge >= 0.3 is 0 Å². The summed E-state index contributed by atoms with van der Waals surface area (Å²) in [6.45, 7) is 8.84. The minimum Gasteiger partial charge on any atom is -0.384 e. The van der Waals surface area contributed by atoms with Gasteiger partial charge in [0.15, 0.2) is 5.78 Å². The smallest absolute Gasteiger partial charge is 0.161 e. The van der Waals surface area contributed by atoms with E-state index in [1.807, 2.05) is 11.8 Å². The van der Waals surface area contributed by atoms with Gasteiger partial charge in [-0.1, -0.05) is 20.8 Å². The molecule has 0 amide bonds. The molecule has 0 aliphatic rings. The molecule has 102 valence electrons. The molecule has 0 fully saturated rings. The molecule has 0 unspecified atom stereocenters. The van der Waals surface area contributed by atoms with E-state index in [2.05, 4.69) is 32.2 Å². The number of thioether (sulfide) groups is 1. The van der Waals surface area contributed by atoms with Crippen molar-refractivity contribution in [1.82, 2.24) is 0 Å². The molecule has 0 aliphatic heterocycles. The second kappa shape index (κ2) is 6.63. The van der Waals surface area contributed by atoms with E-state index in [9.17, 15) is 4.79 Å². The quantitative estimate of drug-likeness (QED) is 0.658. The van der Waals surface area contributed by atoms with Crippen molar-refractivity contribution in [3.05, 3.63) is 29.3 Å². The van der Waals surface area contributed by atoms with E-state index >= 15 is 0 Å². The van der Waals surface area contributed by atoms with Crippen molar-refractivity contribution in [3.8, 4) is 6.07 Å². The minimum atomic E-state index is 0.00969. The summed E-state index contributed by atoms with van der Waals surface area (Å²) in [6.07, 6.45) is 0. The maximum atomic E-state index is 11.5. The third-order valence-electron chi connectivity index (χ3n) is 2.48. The molecule has 0 radical (unpaired) electrons. The third kappa shape index (κ3) is 5.35. The number of ketones is 1. The molecule has 19 heavy (non-hydrogen) atoms. The largest absolute Gasteiger partial charge is 0.384 e. The highest BCUT2D eigenvalue weighted by atomic mass is 32.2. The first-order valence-corrected chi connectivity index (χ1v) is 7.25. The Hall–Kier alpha value is -1.47. The highest BCUT2D eigenvalue weighted by Crippen LogP contribution is 2.23. The van der Waals surface area contributed by atoms with Crippen molar-refractivity contribution < 1.29 is 4.79 Å². The monoisotopic (exact) mass is 276 g/mol. The predicted molar refractivity (Wildman–Crippen MR) is 81.9 cm³/mol. The molecule has 0 aromatic heterocycles. The van der Waals surface area contributed by atoms with Gasteiger partial charge in [0.2, 0.25) is 0 Å². The van der Waals surface area contributed by atoms with E-state index in [4.69, 9.17) is 5.26 Å². The summed E-state index contributed by atoms with van der Waals surface area (Å²) in [4.78, 5) is 11.5. The van der Waals surface area contributed by atoms with Crippen LogP contribution in [-0.4, -0.2) is 22.8 Å². The lowest BCUT2D eigenvalue weighted by molar-refractivity contribution is 0.101. The molecule has 0 bridgehead atoms. The van der Waals surface area contributed by atoms with Gasteiger partial charge in [-0.15, -0.1) is 0 Å². The SMILES string of the molecule is CC(=O)c1ccc(C#N)cc1NCCSC(C)(C)C. The number of nitrogens with one attached hydrogen (secondary N) is 1. The second-order valence-electron chi connectivity index (χ2n) is 5.32. The fourth-order valence-electron chi connectivity index (χ4n) is 1.61. The van der Waals surface area contributed by atoms with Gasteiger partial charge < -0.3 is 5.32 Å². The number of carbonyl (C=O) groups is 1. The second-order valence-corrected chi connectivity index (χ2v) is 7.24. The van der Waals surface area contributed by atoms with E-state index in [-0.39, 0.29) is 10.5 Å². The average molecular weight is 276 g/mol. The Morgan fingerprint density at radius 1 is 1.42 bits per heavy atom. The average Bonchev–Trinajstić information content (AvgIpc) is 2.33. The summed E-state index contributed by atoms with van der Waals surface area (Å²) in [5.41, 5.74) is 1.96. The lowest BCUT2D eigenvalue weighted by Crippen LogP contribution is -2.14. The van der Waals surface area contributed by atoms with E-state index in [0.717, 1.165) is 18.0 Å². The number of benzene rings is 1. The topological polar surface area (TPSA) is 52.9 Å². The standard InChI is InChI=1S/C15H20N2OS/c1-11(18)13-6-5-12(10-16)9-14(13)17-7-8-19-15(2,3)4/h5-6,9,17H,7-8H2,1-4H3. The van der Waals surface area contributed by atoms with Gasteiger partial charge in [-0.25, -0.2) is 0 Å². The van der Waals surface area contributed by atoms with Crippen LogP contribution in [0, 0.1) is 11.3 Å². The summed E-state index contributed by atoms with van der Waals surface area (Å²) in [5.74, 6) is 0.966. The molecule has 0 aliphatic carbocycles. The summed E-state index contributed by atoms with van der Waals surface area (Å²) >= 11 is 1.86. The van der Waals surface area contributed by atoms with Gasteiger partial charge in [0, 0.05) is 28.3 Å². The lowest BCUT2D eigenvalue weighted by atomic mass is 10.1. The summed E-state index contributed by atoms with van der Waals surface area (Å²) in [5, 5.41) is 12.2. The fourth-order valence-corrected chi connectivity index (χ4v) is 2.43. The van der Waals surface area contributed by atoms with E-state index < -0.39 is 0 Å². The fraction of sp³-hybridized carbons (Fsp3) is 0.467. The number of hydrogen-bond acceptors (Lipinski definition) is 4. The molecule has 1 aromatic rings. The summed E-state index contributed by atoms with van der Waals surface area (Å²) in [7, 11) is 0. The van der Waals surface area contributed by atoms with Crippen LogP contribution in [0.1, 0.15) is 43.6 Å². The first kappa shape index (κ1) is 15.6. The van der Waals surface area contributed by atoms with Gasteiger partial charge in [0.05, 0.1) is 11.6 Å². The van der Waals surface area contributed by atoms with Crippen LogP contribution < -0.4 is 5.32 Å². The number of anilines is 1. The Balaban J connectivity index is 2.71. The van der Waals surface area contributed by atoms with Crippen molar-refractivity contribution in [3.63, 3.8) is 0 Å². The van der Waals surface area contributed by atoms with E-state index in [0.29, 0.717) is 11.1 Å². The van der Waals surface area contributed by atoms with E-state index in [1.54, 1.807) is 18.2 Å². The number of hydrogen-bond donors (Lipinski definition) is 1. The van der Waals surface area contributed by atoms with Gasteiger partial charge in [0.1, 0.15) is 0 Å². The maximum Gasteiger partial charge on any atom is 0.161 e. The molecule has 0 heterocycles. The molecule has 1 N–H and O–H groups in total. The zero-order valence-electron chi connectivity index (χ0n) is 11.9. The van der Waals surface area contributed by atoms with Crippen molar-refractivity contribution in [1.29, 1.82) is 5.26 Å². The highest BCUT2D eigenvalue weighted by molar-refractivity contribution is 8.00. The molecule has 4 heteroatoms. The van der Waals surface area contributed by atoms with Gasteiger partial charge in [-0.05, 0) is 25.1 Å². The Morgan fingerprint density at radius 3 is 2.63 bits per heavy atom. The Kier molecular flexibility index (Phi) is 5.44. The molecular formula is C15H20N2OS. The number of nitrogens with zero attached hydrogens (tertiary/aromatic N) is 1. The van der Waals surface area contributed by atoms with Crippen LogP contribution in [0.3, 0.4) is 0 Å². The van der Waals surface area contributed by atoms with Crippen molar-refractivity contribution >= 4 is 23.2 Å². The van der Waals surface area contributed by atoms with Gasteiger partial charge in [-0.3, -0.25) is 4.79 Å². The van der Waals surface area contributed by atoms with E-state index in [1.165, 1.54) is 6.92 Å². The molecule has 1 rings (SSSR count). The van der Waals surface area contributed by atoms with Crippen LogP contribution in [0.15, 0.2) is 18.2 Å². The summed E-state index contributed by atoms with van der Waals surface area (Å²) in [6, 6.07) is 7.21. The lowest BCUT2D eigenvalue weighted by Gasteiger charge is -2.18. The number of Topliss-reactive ketones (excluding diaryl/α,β-unsaturated/α-hetero) is 1. The first-order valence-electron chi connectivity index (χ1n) is 6.26. The number of carbonyl (C=O) groups excluding carboxylic acids is 1. The normalized spacial score (nSPS) is 10.9. The van der Waals surface area contributed by atoms with Crippen LogP contribution in [0.4, 0.5) is 5.69 Å². The third-order valence-corrected chi connectivity index (χ3v) is 3.75. The van der Waals surface area contributed by atoms with Gasteiger partial charge in [-0.2, -0.15) is 17.0 Å². The number of nitriles is 1. The highest BCUT2D eigenvalue weighted by Gasteiger charge is 2.11. The van der Waals surface area contributed by atoms with Crippen LogP contribution in [0.2, 0.25) is 0 Å². The molecule has 0 saturated carbocycles. The zero-order chi connectivity index (χ0) is 14.5. The Labute approximate surface area is 119 Å². The molecule has 0 saturated heterocycles. The van der Waals surface area contributed by atoms with Gasteiger partial charge in [0.25, 0.3) is 0 Å². The Bertz CT molecular complexity index is 498. The summed E-state index contributed by atoms with van der Waals surface area (Å²) < 4.78 is 0.236. The van der Waals surface area contributed by atoms with Crippen LogP contribution >= 0.6 is 11.8 Å². The molecule has 0 spiro atoms. The van der Waals surface area contributed by atoms with Crippen LogP contribution in [0.25, 0.3) is 0 Å². The Morgan fingerprint density at radius 2 is 2.11 bits per heavy atom. The van der Waals surface area contributed by atoms with Crippen LogP contribution in [0.5, 0.6) is 0 Å². The zero-order valence-corrected chi connectivity index (χ0v) is 12.7. The number of rotatable bonds is 5. The molecular weight excluding hydrogens is 256 g/mol. The van der Waals surface area contributed by atoms with Crippen molar-refractivity contribution in [2.24, 2.45) is 0 Å². The molecule has 0 atom stereocenters. The molecule has 1 aromatic carbocycles. The van der Waals surface area contributed by atoms with Crippen LogP contribution in [-0.2, 0) is 0 Å².